The van der Waals surface area contributed by atoms with E-state index in [9.17, 15) is 9.59 Å². The van der Waals surface area contributed by atoms with E-state index in [0.717, 1.165) is 11.1 Å². The minimum Gasteiger partial charge on any atom is -0.322 e. The van der Waals surface area contributed by atoms with Gasteiger partial charge in [-0.05, 0) is 30.5 Å². The van der Waals surface area contributed by atoms with Gasteiger partial charge < -0.3 is 10.6 Å². The Labute approximate surface area is 113 Å². The fourth-order valence-electron chi connectivity index (χ4n) is 2.15. The summed E-state index contributed by atoms with van der Waals surface area (Å²) < 4.78 is 0. The van der Waals surface area contributed by atoms with Crippen molar-refractivity contribution < 1.29 is 9.59 Å². The van der Waals surface area contributed by atoms with Crippen LogP contribution in [0, 0.1) is 13.8 Å². The monoisotopic (exact) mass is 261 g/mol. The summed E-state index contributed by atoms with van der Waals surface area (Å²) in [6, 6.07) is 5.34. The molecule has 5 nitrogen and oxygen atoms in total. The van der Waals surface area contributed by atoms with Gasteiger partial charge in [0.05, 0.1) is 0 Å². The first-order chi connectivity index (χ1) is 8.90. The van der Waals surface area contributed by atoms with Crippen molar-refractivity contribution in [3.05, 3.63) is 34.9 Å². The van der Waals surface area contributed by atoms with Crippen LogP contribution < -0.4 is 5.73 Å². The molecule has 1 aliphatic heterocycles. The van der Waals surface area contributed by atoms with Crippen LogP contribution >= 0.6 is 0 Å². The van der Waals surface area contributed by atoms with Crippen LogP contribution in [0.5, 0.6) is 0 Å². The Morgan fingerprint density at radius 3 is 2.47 bits per heavy atom. The van der Waals surface area contributed by atoms with Crippen LogP contribution in [-0.4, -0.2) is 41.9 Å². The molecule has 1 atom stereocenters. The summed E-state index contributed by atoms with van der Waals surface area (Å²) in [7, 11) is 1.61. The molecule has 0 spiro atoms. The maximum Gasteiger partial charge on any atom is 0.327 e. The van der Waals surface area contributed by atoms with E-state index in [0.29, 0.717) is 0 Å². The summed E-state index contributed by atoms with van der Waals surface area (Å²) in [5.74, 6) is -0.188. The number of amides is 3. The number of nitrogens with two attached hydrogens (primary N) is 1. The maximum absolute atomic E-state index is 11.8. The third-order valence-electron chi connectivity index (χ3n) is 3.57. The number of hydrogen-bond acceptors (Lipinski definition) is 3. The molecule has 1 aliphatic rings. The quantitative estimate of drug-likeness (QED) is 0.831. The van der Waals surface area contributed by atoms with Gasteiger partial charge in [-0.2, -0.15) is 0 Å². The van der Waals surface area contributed by atoms with Crippen molar-refractivity contribution in [2.45, 2.75) is 19.9 Å². The second kappa shape index (κ2) is 5.01. The van der Waals surface area contributed by atoms with Crippen molar-refractivity contribution in [1.29, 1.82) is 0 Å². The van der Waals surface area contributed by atoms with Crippen LogP contribution in [0.25, 0.3) is 0 Å². The molecular formula is C14H19N3O2. The molecule has 0 radical (unpaired) electrons. The maximum atomic E-state index is 11.8. The number of imide groups is 1. The predicted molar refractivity (Wildman–Crippen MR) is 72.6 cm³/mol. The van der Waals surface area contributed by atoms with Gasteiger partial charge in [0.2, 0.25) is 5.91 Å². The highest BCUT2D eigenvalue weighted by molar-refractivity contribution is 6.01. The number of likely N-dealkylation sites (N-methyl/N-ethyl adjacent to an activating group) is 1. The molecule has 102 valence electrons. The van der Waals surface area contributed by atoms with Crippen LogP contribution in [0.3, 0.4) is 0 Å². The molecular weight excluding hydrogens is 242 g/mol. The van der Waals surface area contributed by atoms with Gasteiger partial charge in [-0.1, -0.05) is 18.2 Å². The van der Waals surface area contributed by atoms with Crippen molar-refractivity contribution in [1.82, 2.24) is 9.80 Å². The molecule has 19 heavy (non-hydrogen) atoms. The van der Waals surface area contributed by atoms with Gasteiger partial charge in [-0.15, -0.1) is 0 Å². The van der Waals surface area contributed by atoms with Crippen LogP contribution in [0.1, 0.15) is 22.7 Å². The number of carbonyl (C=O) groups is 2. The number of benzene rings is 1. The summed E-state index contributed by atoms with van der Waals surface area (Å²) >= 11 is 0. The van der Waals surface area contributed by atoms with Crippen molar-refractivity contribution in [3.63, 3.8) is 0 Å². The van der Waals surface area contributed by atoms with Gasteiger partial charge in [0.15, 0.2) is 0 Å². The molecule has 3 amide bonds. The molecule has 0 saturated carbocycles. The smallest absolute Gasteiger partial charge is 0.322 e. The highest BCUT2D eigenvalue weighted by Gasteiger charge is 2.34. The van der Waals surface area contributed by atoms with E-state index in [1.165, 1.54) is 15.4 Å². The lowest BCUT2D eigenvalue weighted by Gasteiger charge is -2.20. The van der Waals surface area contributed by atoms with Gasteiger partial charge in [0.1, 0.15) is 6.54 Å². The first-order valence-electron chi connectivity index (χ1n) is 6.28. The van der Waals surface area contributed by atoms with Crippen LogP contribution in [0.2, 0.25) is 0 Å². The topological polar surface area (TPSA) is 66.6 Å². The third-order valence-corrected chi connectivity index (χ3v) is 3.57. The summed E-state index contributed by atoms with van der Waals surface area (Å²) in [6.07, 6.45) is 0. The molecule has 1 aromatic rings. The zero-order chi connectivity index (χ0) is 14.2. The lowest BCUT2D eigenvalue weighted by Crippen LogP contribution is -2.37. The van der Waals surface area contributed by atoms with E-state index in [1.54, 1.807) is 7.05 Å². The average Bonchev–Trinajstić information content (AvgIpc) is 2.59. The molecule has 1 unspecified atom stereocenters. The SMILES string of the molecule is Cc1ccc(C(N)CN2C(=O)CN(C)C2=O)cc1C. The van der Waals surface area contributed by atoms with Gasteiger partial charge >= 0.3 is 6.03 Å². The van der Waals surface area contributed by atoms with E-state index < -0.39 is 0 Å². The van der Waals surface area contributed by atoms with Crippen molar-refractivity contribution in [3.8, 4) is 0 Å². The zero-order valence-corrected chi connectivity index (χ0v) is 11.5. The summed E-state index contributed by atoms with van der Waals surface area (Å²) in [6.45, 7) is 4.42. The molecule has 1 saturated heterocycles. The minimum atomic E-state index is -0.348. The van der Waals surface area contributed by atoms with Crippen molar-refractivity contribution in [2.75, 3.05) is 20.1 Å². The van der Waals surface area contributed by atoms with Crippen molar-refractivity contribution in [2.24, 2.45) is 5.73 Å². The highest BCUT2D eigenvalue weighted by Crippen LogP contribution is 2.18. The molecule has 1 aromatic carbocycles. The largest absolute Gasteiger partial charge is 0.327 e. The third kappa shape index (κ3) is 2.61. The molecule has 0 aliphatic carbocycles. The molecule has 5 heteroatoms. The molecule has 2 N–H and O–H groups in total. The van der Waals surface area contributed by atoms with Gasteiger partial charge in [-0.3, -0.25) is 9.69 Å². The van der Waals surface area contributed by atoms with Gasteiger partial charge in [-0.25, -0.2) is 4.79 Å². The molecule has 1 fully saturated rings. The Balaban J connectivity index is 2.12. The van der Waals surface area contributed by atoms with E-state index in [1.807, 2.05) is 32.0 Å². The Hall–Kier alpha value is -1.88. The lowest BCUT2D eigenvalue weighted by atomic mass is 10.0. The van der Waals surface area contributed by atoms with Crippen LogP contribution in [-0.2, 0) is 4.79 Å². The Morgan fingerprint density at radius 1 is 1.26 bits per heavy atom. The number of carbonyl (C=O) groups excluding carboxylic acids is 2. The number of urea groups is 1. The van der Waals surface area contributed by atoms with Crippen molar-refractivity contribution >= 4 is 11.9 Å². The summed E-state index contributed by atoms with van der Waals surface area (Å²) in [4.78, 5) is 26.1. The first-order valence-corrected chi connectivity index (χ1v) is 6.28. The van der Waals surface area contributed by atoms with E-state index >= 15 is 0 Å². The second-order valence-electron chi connectivity index (χ2n) is 5.09. The van der Waals surface area contributed by atoms with E-state index in [-0.39, 0.29) is 31.1 Å². The first kappa shape index (κ1) is 13.5. The second-order valence-corrected chi connectivity index (χ2v) is 5.09. The Bertz CT molecular complexity index is 527. The fraction of sp³-hybridized carbons (Fsp3) is 0.429. The van der Waals surface area contributed by atoms with Crippen LogP contribution in [0.15, 0.2) is 18.2 Å². The van der Waals surface area contributed by atoms with Gasteiger partial charge in [0.25, 0.3) is 0 Å². The number of nitrogens with zero attached hydrogens (tertiary/aromatic N) is 2. The summed E-state index contributed by atoms with van der Waals surface area (Å²) in [5, 5.41) is 0. The molecule has 1 heterocycles. The number of aryl methyl sites for hydroxylation is 2. The molecule has 0 bridgehead atoms. The predicted octanol–water partition coefficient (Wildman–Crippen LogP) is 1.20. The normalized spacial score (nSPS) is 17.3. The summed E-state index contributed by atoms with van der Waals surface area (Å²) in [5.41, 5.74) is 9.40. The van der Waals surface area contributed by atoms with E-state index in [4.69, 9.17) is 5.73 Å². The molecule has 0 aromatic heterocycles. The fourth-order valence-corrected chi connectivity index (χ4v) is 2.15. The standard InChI is InChI=1S/C14H19N3O2/c1-9-4-5-11(6-10(9)2)12(15)7-17-13(18)8-16(3)14(17)19/h4-6,12H,7-8,15H2,1-3H3. The average molecular weight is 261 g/mol. The van der Waals surface area contributed by atoms with Gasteiger partial charge in [0, 0.05) is 19.6 Å². The zero-order valence-electron chi connectivity index (χ0n) is 11.5. The molecule has 2 rings (SSSR count). The number of hydrogen-bond donors (Lipinski definition) is 1. The number of rotatable bonds is 3. The van der Waals surface area contributed by atoms with E-state index in [2.05, 4.69) is 0 Å². The Kier molecular flexibility index (Phi) is 3.57. The lowest BCUT2D eigenvalue weighted by molar-refractivity contribution is -0.125. The highest BCUT2D eigenvalue weighted by atomic mass is 16.2. The van der Waals surface area contributed by atoms with Crippen LogP contribution in [0.4, 0.5) is 4.79 Å². The Morgan fingerprint density at radius 2 is 1.95 bits per heavy atom. The minimum absolute atomic E-state index is 0.137.